The largest absolute Gasteiger partial charge is 0.444 e. The molecule has 3 rings (SSSR count). The van der Waals surface area contributed by atoms with Gasteiger partial charge in [0.25, 0.3) is 0 Å². The lowest BCUT2D eigenvalue weighted by Gasteiger charge is -2.34. The Morgan fingerprint density at radius 3 is 2.70 bits per heavy atom. The summed E-state index contributed by atoms with van der Waals surface area (Å²) in [5.41, 5.74) is 1.33. The van der Waals surface area contributed by atoms with Crippen molar-refractivity contribution in [1.82, 2.24) is 9.47 Å². The van der Waals surface area contributed by atoms with E-state index in [1.165, 1.54) is 0 Å². The molecule has 0 saturated heterocycles. The predicted molar refractivity (Wildman–Crippen MR) is 91.0 cm³/mol. The second-order valence-electron chi connectivity index (χ2n) is 7.04. The van der Waals surface area contributed by atoms with Gasteiger partial charge in [-0.1, -0.05) is 0 Å². The molecule has 124 valence electrons. The number of benzene rings is 1. The number of hydrogen-bond donors (Lipinski definition) is 0. The first-order valence-electron chi connectivity index (χ1n) is 7.62. The van der Waals surface area contributed by atoms with Crippen LogP contribution in [0.3, 0.4) is 0 Å². The molecule has 0 radical (unpaired) electrons. The van der Waals surface area contributed by atoms with Gasteiger partial charge in [-0.2, -0.15) is 0 Å². The van der Waals surface area contributed by atoms with Crippen LogP contribution in [0, 0.1) is 5.82 Å². The average Bonchev–Trinajstić information content (AvgIpc) is 2.75. The van der Waals surface area contributed by atoms with Crippen molar-refractivity contribution in [2.24, 2.45) is 0 Å². The molecule has 0 saturated carbocycles. The number of carbonyl (C=O) groups is 1. The normalized spacial score (nSPS) is 18.2. The van der Waals surface area contributed by atoms with Gasteiger partial charge in [-0.25, -0.2) is 9.18 Å². The Morgan fingerprint density at radius 1 is 1.35 bits per heavy atom. The minimum absolute atomic E-state index is 0.0596. The fraction of sp³-hybridized carbons (Fsp3) is 0.471. The third kappa shape index (κ3) is 3.09. The third-order valence-corrected chi connectivity index (χ3v) is 4.50. The van der Waals surface area contributed by atoms with Gasteiger partial charge in [0.2, 0.25) is 0 Å². The van der Waals surface area contributed by atoms with Gasteiger partial charge in [0.15, 0.2) is 0 Å². The molecular weight excluding hydrogens is 363 g/mol. The van der Waals surface area contributed by atoms with E-state index in [-0.39, 0.29) is 18.0 Å². The van der Waals surface area contributed by atoms with Gasteiger partial charge in [0.05, 0.1) is 16.5 Å². The van der Waals surface area contributed by atoms with Crippen molar-refractivity contribution in [3.63, 3.8) is 0 Å². The average molecular weight is 383 g/mol. The van der Waals surface area contributed by atoms with Crippen LogP contribution < -0.4 is 0 Å². The molecule has 2 heterocycles. The first-order chi connectivity index (χ1) is 10.7. The van der Waals surface area contributed by atoms with Crippen molar-refractivity contribution in [1.29, 1.82) is 0 Å². The summed E-state index contributed by atoms with van der Waals surface area (Å²) in [7, 11) is 0. The van der Waals surface area contributed by atoms with Crippen LogP contribution in [0.25, 0.3) is 10.9 Å². The number of carbonyl (C=O) groups excluding carboxylic acids is 1. The summed E-state index contributed by atoms with van der Waals surface area (Å²) < 4.78 is 21.9. The lowest BCUT2D eigenvalue weighted by molar-refractivity contribution is 0.0176. The number of aromatic nitrogens is 1. The van der Waals surface area contributed by atoms with E-state index < -0.39 is 5.60 Å². The van der Waals surface area contributed by atoms with E-state index in [1.54, 1.807) is 17.0 Å². The van der Waals surface area contributed by atoms with Crippen molar-refractivity contribution in [3.8, 4) is 0 Å². The number of rotatable bonds is 0. The second kappa shape index (κ2) is 5.51. The lowest BCUT2D eigenvalue weighted by atomic mass is 10.2. The highest BCUT2D eigenvalue weighted by Crippen LogP contribution is 2.32. The maximum atomic E-state index is 13.9. The second-order valence-corrected chi connectivity index (χ2v) is 7.90. The number of nitrogens with zero attached hydrogens (tertiary/aromatic N) is 2. The van der Waals surface area contributed by atoms with Crippen LogP contribution in [0.1, 0.15) is 39.4 Å². The van der Waals surface area contributed by atoms with Crippen molar-refractivity contribution in [3.05, 3.63) is 34.2 Å². The first kappa shape index (κ1) is 16.3. The molecule has 23 heavy (non-hydrogen) atoms. The van der Waals surface area contributed by atoms with Crippen LogP contribution in [0.5, 0.6) is 0 Å². The molecule has 1 aliphatic rings. The van der Waals surface area contributed by atoms with Crippen molar-refractivity contribution in [2.45, 2.75) is 45.9 Å². The summed E-state index contributed by atoms with van der Waals surface area (Å²) in [6.45, 7) is 8.61. The van der Waals surface area contributed by atoms with Crippen LogP contribution >= 0.6 is 15.9 Å². The molecule has 1 atom stereocenters. The molecule has 2 aromatic rings. The molecule has 0 aliphatic carbocycles. The van der Waals surface area contributed by atoms with E-state index in [0.29, 0.717) is 17.6 Å². The molecule has 0 bridgehead atoms. The van der Waals surface area contributed by atoms with Gasteiger partial charge in [-0.3, -0.25) is 0 Å². The third-order valence-electron chi connectivity index (χ3n) is 3.89. The predicted octanol–water partition coefficient (Wildman–Crippen LogP) is 4.85. The minimum atomic E-state index is -0.515. The zero-order valence-corrected chi connectivity index (χ0v) is 15.3. The summed E-state index contributed by atoms with van der Waals surface area (Å²) in [6.07, 6.45) is -0.312. The summed E-state index contributed by atoms with van der Waals surface area (Å²) in [4.78, 5) is 14.0. The Balaban J connectivity index is 1.96. The summed E-state index contributed by atoms with van der Waals surface area (Å²) >= 11 is 3.22. The first-order valence-corrected chi connectivity index (χ1v) is 8.42. The molecule has 6 heteroatoms. The van der Waals surface area contributed by atoms with Gasteiger partial charge < -0.3 is 14.2 Å². The maximum absolute atomic E-state index is 13.9. The van der Waals surface area contributed by atoms with E-state index in [4.69, 9.17) is 4.74 Å². The highest BCUT2D eigenvalue weighted by Gasteiger charge is 2.30. The van der Waals surface area contributed by atoms with Gasteiger partial charge >= 0.3 is 6.09 Å². The smallest absolute Gasteiger partial charge is 0.410 e. The van der Waals surface area contributed by atoms with Crippen LogP contribution in [-0.2, 0) is 11.3 Å². The molecular formula is C17H20BrFN2O2. The number of halogens is 2. The van der Waals surface area contributed by atoms with E-state index in [1.807, 2.05) is 33.8 Å². The van der Waals surface area contributed by atoms with E-state index in [0.717, 1.165) is 16.6 Å². The zero-order chi connectivity index (χ0) is 16.9. The molecule has 1 amide bonds. The Kier molecular flexibility index (Phi) is 3.91. The van der Waals surface area contributed by atoms with E-state index in [9.17, 15) is 9.18 Å². The Labute approximate surface area is 143 Å². The standard InChI is InChI=1S/C17H20BrFN2O2/c1-10-8-20(16(22)23-17(2,3)4)9-12-5-11-6-13(18)14(19)7-15(11)21(10)12/h5-7,10H,8-9H2,1-4H3. The minimum Gasteiger partial charge on any atom is -0.444 e. The Hall–Kier alpha value is -1.56. The fourth-order valence-corrected chi connectivity index (χ4v) is 3.41. The van der Waals surface area contributed by atoms with Gasteiger partial charge in [0, 0.05) is 23.7 Å². The van der Waals surface area contributed by atoms with Crippen LogP contribution in [-0.4, -0.2) is 27.7 Å². The highest BCUT2D eigenvalue weighted by atomic mass is 79.9. The van der Waals surface area contributed by atoms with Crippen molar-refractivity contribution >= 4 is 32.9 Å². The topological polar surface area (TPSA) is 34.5 Å². The van der Waals surface area contributed by atoms with Crippen LogP contribution in [0.2, 0.25) is 0 Å². The monoisotopic (exact) mass is 382 g/mol. The lowest BCUT2D eigenvalue weighted by Crippen LogP contribution is -2.42. The number of ether oxygens (including phenoxy) is 1. The SMILES string of the molecule is CC1CN(C(=O)OC(C)(C)C)Cc2cc3cc(Br)c(F)cc3n21. The molecule has 0 spiro atoms. The quantitative estimate of drug-likeness (QED) is 0.652. The zero-order valence-electron chi connectivity index (χ0n) is 13.7. The highest BCUT2D eigenvalue weighted by molar-refractivity contribution is 9.10. The van der Waals surface area contributed by atoms with Crippen LogP contribution in [0.15, 0.2) is 22.7 Å². The number of fused-ring (bicyclic) bond motifs is 3. The van der Waals surface area contributed by atoms with E-state index in [2.05, 4.69) is 20.5 Å². The summed E-state index contributed by atoms with van der Waals surface area (Å²) in [5, 5.41) is 0.964. The Morgan fingerprint density at radius 2 is 2.04 bits per heavy atom. The molecule has 4 nitrogen and oxygen atoms in total. The van der Waals surface area contributed by atoms with Crippen molar-refractivity contribution < 1.29 is 13.9 Å². The maximum Gasteiger partial charge on any atom is 0.410 e. The molecule has 1 aromatic carbocycles. The van der Waals surface area contributed by atoms with Gasteiger partial charge in [-0.15, -0.1) is 0 Å². The molecule has 0 N–H and O–H groups in total. The molecule has 1 aromatic heterocycles. The van der Waals surface area contributed by atoms with Crippen molar-refractivity contribution in [2.75, 3.05) is 6.54 Å². The molecule has 1 aliphatic heterocycles. The number of amides is 1. The molecule has 1 unspecified atom stereocenters. The molecule has 0 fully saturated rings. The van der Waals surface area contributed by atoms with Gasteiger partial charge in [0.1, 0.15) is 11.4 Å². The van der Waals surface area contributed by atoms with E-state index >= 15 is 0 Å². The summed E-state index contributed by atoms with van der Waals surface area (Å²) in [5.74, 6) is -0.278. The van der Waals surface area contributed by atoms with Crippen LogP contribution in [0.4, 0.5) is 9.18 Å². The van der Waals surface area contributed by atoms with Gasteiger partial charge in [-0.05, 0) is 61.8 Å². The summed E-state index contributed by atoms with van der Waals surface area (Å²) in [6, 6.07) is 5.39. The Bertz CT molecular complexity index is 779. The number of hydrogen-bond acceptors (Lipinski definition) is 2. The fourth-order valence-electron chi connectivity index (χ4n) is 3.05.